The summed E-state index contributed by atoms with van der Waals surface area (Å²) in [5, 5.41) is 9.01. The molecule has 4 rings (SSSR count). The predicted molar refractivity (Wildman–Crippen MR) is 106 cm³/mol. The van der Waals surface area contributed by atoms with Crippen molar-refractivity contribution in [2.75, 3.05) is 7.11 Å². The summed E-state index contributed by atoms with van der Waals surface area (Å²) in [4.78, 5) is 0. The van der Waals surface area contributed by atoms with Crippen LogP contribution in [0.5, 0.6) is 5.75 Å². The van der Waals surface area contributed by atoms with Crippen molar-refractivity contribution >= 4 is 17.2 Å². The van der Waals surface area contributed by atoms with Crippen molar-refractivity contribution in [2.24, 2.45) is 0 Å². The van der Waals surface area contributed by atoms with E-state index in [2.05, 4.69) is 54.6 Å². The van der Waals surface area contributed by atoms with E-state index in [0.29, 0.717) is 5.56 Å². The van der Waals surface area contributed by atoms with Gasteiger partial charge in [0.2, 0.25) is 0 Å². The zero-order chi connectivity index (χ0) is 17.9. The molecule has 0 radical (unpaired) electrons. The van der Waals surface area contributed by atoms with E-state index < -0.39 is 0 Å². The molecule has 2 heteroatoms. The van der Waals surface area contributed by atoms with Crippen LogP contribution in [0.1, 0.15) is 27.8 Å². The van der Waals surface area contributed by atoms with Crippen molar-refractivity contribution in [1.29, 1.82) is 5.26 Å². The van der Waals surface area contributed by atoms with E-state index in [9.17, 15) is 0 Å². The van der Waals surface area contributed by atoms with Crippen LogP contribution in [-0.2, 0) is 0 Å². The van der Waals surface area contributed by atoms with Gasteiger partial charge in [0.25, 0.3) is 0 Å². The fourth-order valence-corrected chi connectivity index (χ4v) is 3.24. The van der Waals surface area contributed by atoms with E-state index in [0.717, 1.165) is 16.9 Å². The molecule has 3 aromatic rings. The number of allylic oxidation sites excluding steroid dienone is 2. The minimum Gasteiger partial charge on any atom is -0.497 e. The molecule has 0 amide bonds. The summed E-state index contributed by atoms with van der Waals surface area (Å²) in [6.07, 6.45) is 4.41. The molecule has 0 unspecified atom stereocenters. The molecule has 26 heavy (non-hydrogen) atoms. The van der Waals surface area contributed by atoms with Gasteiger partial charge in [0.05, 0.1) is 18.7 Å². The highest BCUT2D eigenvalue weighted by Gasteiger charge is 2.19. The lowest BCUT2D eigenvalue weighted by atomic mass is 9.98. The predicted octanol–water partition coefficient (Wildman–Crippen LogP) is 5.55. The third kappa shape index (κ3) is 2.92. The molecular weight excluding hydrogens is 318 g/mol. The van der Waals surface area contributed by atoms with E-state index in [1.54, 1.807) is 7.11 Å². The summed E-state index contributed by atoms with van der Waals surface area (Å²) >= 11 is 0. The van der Waals surface area contributed by atoms with Gasteiger partial charge in [-0.05, 0) is 69.8 Å². The Morgan fingerprint density at radius 2 is 1.54 bits per heavy atom. The van der Waals surface area contributed by atoms with Gasteiger partial charge >= 0.3 is 0 Å². The van der Waals surface area contributed by atoms with Crippen LogP contribution in [0.2, 0.25) is 0 Å². The summed E-state index contributed by atoms with van der Waals surface area (Å²) in [6.45, 7) is 0. The third-order valence-corrected chi connectivity index (χ3v) is 4.59. The molecule has 0 aliphatic heterocycles. The number of hydrogen-bond donors (Lipinski definition) is 0. The fourth-order valence-electron chi connectivity index (χ4n) is 3.24. The quantitative estimate of drug-likeness (QED) is 0.628. The Balaban J connectivity index is 1.78. The Labute approximate surface area is 153 Å². The van der Waals surface area contributed by atoms with E-state index in [1.165, 1.54) is 22.3 Å². The van der Waals surface area contributed by atoms with Gasteiger partial charge in [-0.1, -0.05) is 48.5 Å². The lowest BCUT2D eigenvalue weighted by molar-refractivity contribution is 0.415. The van der Waals surface area contributed by atoms with E-state index in [-0.39, 0.29) is 0 Å². The van der Waals surface area contributed by atoms with Crippen molar-refractivity contribution in [3.05, 3.63) is 107 Å². The Hall–Kier alpha value is -3.57. The molecule has 0 saturated carbocycles. The Morgan fingerprint density at radius 3 is 2.19 bits per heavy atom. The monoisotopic (exact) mass is 335 g/mol. The number of fused-ring (bicyclic) bond motifs is 1. The van der Waals surface area contributed by atoms with Crippen molar-refractivity contribution in [1.82, 2.24) is 0 Å². The average molecular weight is 335 g/mol. The first kappa shape index (κ1) is 15.9. The number of rotatable bonds is 3. The Kier molecular flexibility index (Phi) is 4.13. The average Bonchev–Trinajstić information content (AvgIpc) is 3.07. The fraction of sp³-hybridized carbons (Fsp3) is 0.0417. The highest BCUT2D eigenvalue weighted by Crippen LogP contribution is 2.39. The lowest BCUT2D eigenvalue weighted by Crippen LogP contribution is -1.87. The number of benzene rings is 3. The van der Waals surface area contributed by atoms with Gasteiger partial charge in [0.1, 0.15) is 5.75 Å². The van der Waals surface area contributed by atoms with Gasteiger partial charge in [0, 0.05) is 0 Å². The molecule has 1 aliphatic rings. The molecule has 0 N–H and O–H groups in total. The number of nitriles is 1. The molecule has 3 aromatic carbocycles. The van der Waals surface area contributed by atoms with Crippen molar-refractivity contribution < 1.29 is 4.74 Å². The summed E-state index contributed by atoms with van der Waals surface area (Å²) in [5.74, 6) is 0.854. The van der Waals surface area contributed by atoms with Crippen LogP contribution in [0.25, 0.3) is 17.2 Å². The molecular formula is C24H17NO. The second-order valence-electron chi connectivity index (χ2n) is 6.17. The molecule has 2 nitrogen and oxygen atoms in total. The Bertz CT molecular complexity index is 1050. The molecule has 0 saturated heterocycles. The molecule has 1 aliphatic carbocycles. The van der Waals surface area contributed by atoms with Gasteiger partial charge in [0.15, 0.2) is 0 Å². The minimum atomic E-state index is 0.676. The normalized spacial score (nSPS) is 13.8. The van der Waals surface area contributed by atoms with Crippen molar-refractivity contribution in [2.45, 2.75) is 0 Å². The molecule has 0 bridgehead atoms. The highest BCUT2D eigenvalue weighted by atomic mass is 16.5. The zero-order valence-electron chi connectivity index (χ0n) is 14.4. The van der Waals surface area contributed by atoms with Gasteiger partial charge < -0.3 is 4.74 Å². The SMILES string of the molecule is COc1ccc(/C=C2\C=C(c3ccc(C#N)cc3)c3ccccc32)cc1. The summed E-state index contributed by atoms with van der Waals surface area (Å²) in [5.41, 5.74) is 7.74. The maximum atomic E-state index is 9.01. The smallest absolute Gasteiger partial charge is 0.118 e. The first-order valence-corrected chi connectivity index (χ1v) is 8.46. The van der Waals surface area contributed by atoms with Crippen LogP contribution in [0.4, 0.5) is 0 Å². The van der Waals surface area contributed by atoms with E-state index in [4.69, 9.17) is 10.00 Å². The number of methoxy groups -OCH3 is 1. The van der Waals surface area contributed by atoms with Crippen LogP contribution in [-0.4, -0.2) is 7.11 Å². The van der Waals surface area contributed by atoms with Crippen LogP contribution in [0, 0.1) is 11.3 Å². The maximum Gasteiger partial charge on any atom is 0.118 e. The molecule has 0 spiro atoms. The van der Waals surface area contributed by atoms with Gasteiger partial charge in [-0.2, -0.15) is 5.26 Å². The number of hydrogen-bond acceptors (Lipinski definition) is 2. The van der Waals surface area contributed by atoms with Gasteiger partial charge in [-0.15, -0.1) is 0 Å². The van der Waals surface area contributed by atoms with Crippen molar-refractivity contribution in [3.8, 4) is 11.8 Å². The number of nitrogens with zero attached hydrogens (tertiary/aromatic N) is 1. The third-order valence-electron chi connectivity index (χ3n) is 4.59. The van der Waals surface area contributed by atoms with Crippen LogP contribution >= 0.6 is 0 Å². The standard InChI is InChI=1S/C24H17NO/c1-26-21-12-8-17(9-13-21)14-20-15-24(23-5-3-2-4-22(20)23)19-10-6-18(16-25)7-11-19/h2-15H,1H3/b20-14+. The topological polar surface area (TPSA) is 33.0 Å². The maximum absolute atomic E-state index is 9.01. The number of ether oxygens (including phenoxy) is 1. The lowest BCUT2D eigenvalue weighted by Gasteiger charge is -2.06. The van der Waals surface area contributed by atoms with Crippen molar-refractivity contribution in [3.63, 3.8) is 0 Å². The second-order valence-corrected chi connectivity index (χ2v) is 6.17. The molecule has 0 fully saturated rings. The van der Waals surface area contributed by atoms with Gasteiger partial charge in [-0.25, -0.2) is 0 Å². The zero-order valence-corrected chi connectivity index (χ0v) is 14.4. The van der Waals surface area contributed by atoms with Crippen LogP contribution in [0.15, 0.2) is 78.9 Å². The van der Waals surface area contributed by atoms with Gasteiger partial charge in [-0.3, -0.25) is 0 Å². The largest absolute Gasteiger partial charge is 0.497 e. The highest BCUT2D eigenvalue weighted by molar-refractivity contribution is 6.05. The summed E-state index contributed by atoms with van der Waals surface area (Å²) in [6, 6.07) is 26.4. The second kappa shape index (κ2) is 6.74. The van der Waals surface area contributed by atoms with Crippen LogP contribution < -0.4 is 4.74 Å². The first-order valence-electron chi connectivity index (χ1n) is 8.46. The molecule has 0 aromatic heterocycles. The Morgan fingerprint density at radius 1 is 0.846 bits per heavy atom. The molecule has 0 atom stereocenters. The summed E-state index contributed by atoms with van der Waals surface area (Å²) < 4.78 is 5.23. The first-order chi connectivity index (χ1) is 12.8. The molecule has 124 valence electrons. The van der Waals surface area contributed by atoms with E-state index >= 15 is 0 Å². The van der Waals surface area contributed by atoms with E-state index in [1.807, 2.05) is 36.4 Å². The minimum absolute atomic E-state index is 0.676. The van der Waals surface area contributed by atoms with Crippen LogP contribution in [0.3, 0.4) is 0 Å². The summed E-state index contributed by atoms with van der Waals surface area (Å²) in [7, 11) is 1.67. The molecule has 0 heterocycles.